The van der Waals surface area contributed by atoms with Crippen molar-refractivity contribution in [1.82, 2.24) is 5.32 Å². The van der Waals surface area contributed by atoms with Crippen LogP contribution in [0.4, 0.5) is 0 Å². The maximum absolute atomic E-state index is 5.88. The number of nitrogens with two attached hydrogens (primary N) is 1. The number of ether oxygens (including phenoxy) is 2. The van der Waals surface area contributed by atoms with E-state index < -0.39 is 0 Å². The smallest absolute Gasteiger partial charge is 0.189 e. The number of benzene rings is 2. The van der Waals surface area contributed by atoms with Gasteiger partial charge in [-0.15, -0.1) is 0 Å². The molecule has 0 spiro atoms. The van der Waals surface area contributed by atoms with Crippen LogP contribution in [0.25, 0.3) is 6.08 Å². The molecule has 0 radical (unpaired) electrons. The fourth-order valence-corrected chi connectivity index (χ4v) is 2.13. The van der Waals surface area contributed by atoms with Crippen LogP contribution in [0.3, 0.4) is 0 Å². The summed E-state index contributed by atoms with van der Waals surface area (Å²) in [6.45, 7) is 1.09. The number of rotatable bonds is 7. The largest absolute Gasteiger partial charge is 0.493 e. The molecule has 0 aromatic heterocycles. The number of methoxy groups -OCH3 is 2. The van der Waals surface area contributed by atoms with Crippen molar-refractivity contribution in [2.45, 2.75) is 6.54 Å². The summed E-state index contributed by atoms with van der Waals surface area (Å²) in [5.41, 5.74) is 8.03. The van der Waals surface area contributed by atoms with Crippen molar-refractivity contribution in [3.8, 4) is 11.5 Å². The maximum Gasteiger partial charge on any atom is 0.189 e. The Bertz CT molecular complexity index is 697. The number of hydrogen-bond acceptors (Lipinski definition) is 3. The fraction of sp³-hybridized carbons (Fsp3) is 0.211. The van der Waals surface area contributed by atoms with E-state index in [0.29, 0.717) is 30.5 Å². The second kappa shape index (κ2) is 9.25. The summed E-state index contributed by atoms with van der Waals surface area (Å²) in [5.74, 6) is 1.78. The molecule has 5 heteroatoms. The van der Waals surface area contributed by atoms with E-state index in [1.807, 2.05) is 60.7 Å². The van der Waals surface area contributed by atoms with Crippen molar-refractivity contribution in [2.75, 3.05) is 20.8 Å². The zero-order chi connectivity index (χ0) is 17.2. The Hall–Kier alpha value is -2.95. The minimum Gasteiger partial charge on any atom is -0.493 e. The van der Waals surface area contributed by atoms with Crippen LogP contribution in [0.1, 0.15) is 11.1 Å². The summed E-state index contributed by atoms with van der Waals surface area (Å²) < 4.78 is 10.5. The van der Waals surface area contributed by atoms with Gasteiger partial charge in [-0.1, -0.05) is 48.6 Å². The van der Waals surface area contributed by atoms with E-state index in [-0.39, 0.29) is 0 Å². The maximum atomic E-state index is 5.88. The second-order valence-corrected chi connectivity index (χ2v) is 5.08. The van der Waals surface area contributed by atoms with E-state index >= 15 is 0 Å². The van der Waals surface area contributed by atoms with Crippen molar-refractivity contribution in [1.29, 1.82) is 0 Å². The average Bonchev–Trinajstić information content (AvgIpc) is 2.64. The van der Waals surface area contributed by atoms with Crippen LogP contribution in [0, 0.1) is 0 Å². The normalized spacial score (nSPS) is 11.5. The average molecular weight is 325 g/mol. The standard InChI is InChI=1S/C19H23N3O2/c1-23-17-11-10-16(13-18(17)24-2)14-22-19(20)21-12-6-9-15-7-4-3-5-8-15/h3-11,13H,12,14H2,1-2H3,(H3,20,21,22). The van der Waals surface area contributed by atoms with Crippen LogP contribution >= 0.6 is 0 Å². The number of hydrogen-bond donors (Lipinski definition) is 2. The number of aliphatic imine (C=N–C) groups is 1. The molecular formula is C19H23N3O2. The fourth-order valence-electron chi connectivity index (χ4n) is 2.13. The molecule has 2 aromatic carbocycles. The van der Waals surface area contributed by atoms with Gasteiger partial charge in [0, 0.05) is 6.54 Å². The first-order valence-electron chi connectivity index (χ1n) is 7.69. The highest BCUT2D eigenvalue weighted by Gasteiger charge is 2.04. The van der Waals surface area contributed by atoms with Gasteiger partial charge in [-0.05, 0) is 23.3 Å². The van der Waals surface area contributed by atoms with Crippen molar-refractivity contribution in [2.24, 2.45) is 10.7 Å². The van der Waals surface area contributed by atoms with E-state index in [1.54, 1.807) is 14.2 Å². The Labute approximate surface area is 142 Å². The van der Waals surface area contributed by atoms with Gasteiger partial charge in [-0.25, -0.2) is 4.99 Å². The van der Waals surface area contributed by atoms with Gasteiger partial charge in [0.2, 0.25) is 0 Å². The molecule has 0 bridgehead atoms. The summed E-state index contributed by atoms with van der Waals surface area (Å²) in [7, 11) is 3.22. The Balaban J connectivity index is 1.84. The Morgan fingerprint density at radius 2 is 1.83 bits per heavy atom. The van der Waals surface area contributed by atoms with Gasteiger partial charge in [0.15, 0.2) is 17.5 Å². The predicted octanol–water partition coefficient (Wildman–Crippen LogP) is 2.82. The molecule has 0 heterocycles. The number of nitrogens with zero attached hydrogens (tertiary/aromatic N) is 1. The summed E-state index contributed by atoms with van der Waals surface area (Å²) >= 11 is 0. The summed E-state index contributed by atoms with van der Waals surface area (Å²) in [5, 5.41) is 3.06. The topological polar surface area (TPSA) is 68.9 Å². The van der Waals surface area contributed by atoms with Gasteiger partial charge in [-0.2, -0.15) is 0 Å². The lowest BCUT2D eigenvalue weighted by Crippen LogP contribution is -2.31. The van der Waals surface area contributed by atoms with Gasteiger partial charge >= 0.3 is 0 Å². The molecule has 0 aliphatic rings. The lowest BCUT2D eigenvalue weighted by Gasteiger charge is -2.08. The van der Waals surface area contributed by atoms with Crippen molar-refractivity contribution < 1.29 is 9.47 Å². The third-order valence-electron chi connectivity index (χ3n) is 3.39. The van der Waals surface area contributed by atoms with Crippen LogP contribution < -0.4 is 20.5 Å². The molecule has 0 fully saturated rings. The molecular weight excluding hydrogens is 302 g/mol. The van der Waals surface area contributed by atoms with Crippen LogP contribution in [0.5, 0.6) is 11.5 Å². The minimum absolute atomic E-state index is 0.405. The first-order valence-corrected chi connectivity index (χ1v) is 7.69. The van der Waals surface area contributed by atoms with Gasteiger partial charge < -0.3 is 20.5 Å². The number of nitrogens with one attached hydrogen (secondary N) is 1. The van der Waals surface area contributed by atoms with Crippen molar-refractivity contribution in [3.05, 3.63) is 65.7 Å². The Morgan fingerprint density at radius 1 is 1.08 bits per heavy atom. The van der Waals surface area contributed by atoms with Crippen LogP contribution in [-0.4, -0.2) is 26.7 Å². The summed E-state index contributed by atoms with van der Waals surface area (Å²) in [6.07, 6.45) is 4.04. The van der Waals surface area contributed by atoms with E-state index in [0.717, 1.165) is 11.1 Å². The van der Waals surface area contributed by atoms with E-state index in [9.17, 15) is 0 Å². The van der Waals surface area contributed by atoms with Crippen molar-refractivity contribution in [3.63, 3.8) is 0 Å². The molecule has 0 aliphatic carbocycles. The van der Waals surface area contributed by atoms with Gasteiger partial charge in [-0.3, -0.25) is 0 Å². The van der Waals surface area contributed by atoms with E-state index in [1.165, 1.54) is 0 Å². The molecule has 0 amide bonds. The highest BCUT2D eigenvalue weighted by molar-refractivity contribution is 5.78. The molecule has 126 valence electrons. The van der Waals surface area contributed by atoms with Crippen LogP contribution in [0.15, 0.2) is 59.6 Å². The Morgan fingerprint density at radius 3 is 2.54 bits per heavy atom. The zero-order valence-corrected chi connectivity index (χ0v) is 14.0. The minimum atomic E-state index is 0.405. The zero-order valence-electron chi connectivity index (χ0n) is 14.0. The molecule has 0 saturated carbocycles. The third kappa shape index (κ3) is 5.35. The SMILES string of the molecule is COc1ccc(CN=C(N)NCC=Cc2ccccc2)cc1OC. The number of guanidine groups is 1. The van der Waals surface area contributed by atoms with E-state index in [4.69, 9.17) is 15.2 Å². The predicted molar refractivity (Wildman–Crippen MR) is 98.4 cm³/mol. The molecule has 2 aromatic rings. The Kier molecular flexibility index (Phi) is 6.71. The molecule has 0 unspecified atom stereocenters. The molecule has 0 aliphatic heterocycles. The first-order chi connectivity index (χ1) is 11.7. The van der Waals surface area contributed by atoms with Gasteiger partial charge in [0.05, 0.1) is 20.8 Å². The lowest BCUT2D eigenvalue weighted by molar-refractivity contribution is 0.354. The molecule has 2 rings (SSSR count). The van der Waals surface area contributed by atoms with Crippen LogP contribution in [-0.2, 0) is 6.54 Å². The highest BCUT2D eigenvalue weighted by Crippen LogP contribution is 2.27. The van der Waals surface area contributed by atoms with Gasteiger partial charge in [0.25, 0.3) is 0 Å². The van der Waals surface area contributed by atoms with Crippen LogP contribution in [0.2, 0.25) is 0 Å². The summed E-state index contributed by atoms with van der Waals surface area (Å²) in [4.78, 5) is 4.32. The van der Waals surface area contributed by atoms with E-state index in [2.05, 4.69) is 10.3 Å². The molecule has 5 nitrogen and oxygen atoms in total. The monoisotopic (exact) mass is 325 g/mol. The van der Waals surface area contributed by atoms with Gasteiger partial charge in [0.1, 0.15) is 0 Å². The molecule has 0 atom stereocenters. The lowest BCUT2D eigenvalue weighted by atomic mass is 10.2. The quantitative estimate of drug-likeness (QED) is 0.607. The molecule has 24 heavy (non-hydrogen) atoms. The third-order valence-corrected chi connectivity index (χ3v) is 3.39. The second-order valence-electron chi connectivity index (χ2n) is 5.08. The molecule has 3 N–H and O–H groups in total. The first kappa shape index (κ1) is 17.4. The highest BCUT2D eigenvalue weighted by atomic mass is 16.5. The summed E-state index contributed by atoms with van der Waals surface area (Å²) in [6, 6.07) is 15.8. The van der Waals surface area contributed by atoms with Crippen molar-refractivity contribution >= 4 is 12.0 Å². The molecule has 0 saturated heterocycles.